The molecule has 0 fully saturated rings. The van der Waals surface area contributed by atoms with Gasteiger partial charge in [-0.2, -0.15) is 0 Å². The summed E-state index contributed by atoms with van der Waals surface area (Å²) in [6.07, 6.45) is 0.498. The van der Waals surface area contributed by atoms with Crippen LogP contribution >= 0.6 is 11.3 Å². The van der Waals surface area contributed by atoms with Crippen LogP contribution in [0.4, 0.5) is 0 Å². The van der Waals surface area contributed by atoms with Gasteiger partial charge in [0.25, 0.3) is 0 Å². The molecule has 0 aliphatic carbocycles. The average Bonchev–Trinajstić information content (AvgIpc) is 3.11. The highest BCUT2D eigenvalue weighted by Crippen LogP contribution is 2.24. The van der Waals surface area contributed by atoms with E-state index in [-0.39, 0.29) is 17.2 Å². The lowest BCUT2D eigenvalue weighted by Gasteiger charge is -2.06. The molecule has 1 heterocycles. The molecule has 0 aliphatic heterocycles. The number of phenols is 1. The Morgan fingerprint density at radius 1 is 1.12 bits per heavy atom. The van der Waals surface area contributed by atoms with Gasteiger partial charge in [0.1, 0.15) is 11.5 Å². The molecular weight excluding hydrogens is 372 g/mol. The van der Waals surface area contributed by atoms with Crippen LogP contribution in [-0.4, -0.2) is 32.2 Å². The van der Waals surface area contributed by atoms with Gasteiger partial charge in [-0.1, -0.05) is 0 Å². The first kappa shape index (κ1) is 18.4. The van der Waals surface area contributed by atoms with Gasteiger partial charge in [0.05, 0.1) is 22.7 Å². The van der Waals surface area contributed by atoms with Crippen LogP contribution in [-0.2, 0) is 16.4 Å². The van der Waals surface area contributed by atoms with Crippen LogP contribution in [0.1, 0.15) is 5.01 Å². The van der Waals surface area contributed by atoms with E-state index in [9.17, 15) is 13.5 Å². The Kier molecular flexibility index (Phi) is 5.55. The van der Waals surface area contributed by atoms with Gasteiger partial charge in [-0.05, 0) is 48.5 Å². The number of hydrogen-bond acceptors (Lipinski definition) is 6. The van der Waals surface area contributed by atoms with Gasteiger partial charge in [-0.3, -0.25) is 0 Å². The molecule has 26 heavy (non-hydrogen) atoms. The van der Waals surface area contributed by atoms with Gasteiger partial charge in [0, 0.05) is 23.9 Å². The lowest BCUT2D eigenvalue weighted by atomic mass is 10.2. The first-order valence-corrected chi connectivity index (χ1v) is 10.2. The molecule has 6 nitrogen and oxygen atoms in total. The summed E-state index contributed by atoms with van der Waals surface area (Å²) in [5.41, 5.74) is 1.71. The Balaban J connectivity index is 1.60. The highest BCUT2D eigenvalue weighted by Gasteiger charge is 2.14. The molecule has 0 unspecified atom stereocenters. The molecular formula is C18H18N2O4S2. The van der Waals surface area contributed by atoms with Crippen molar-refractivity contribution in [3.05, 3.63) is 58.9 Å². The maximum atomic E-state index is 12.3. The lowest BCUT2D eigenvalue weighted by molar-refractivity contribution is 0.414. The van der Waals surface area contributed by atoms with E-state index in [1.165, 1.54) is 30.6 Å². The number of thiazole rings is 1. The number of hydrogen-bond donors (Lipinski definition) is 2. The Bertz CT molecular complexity index is 965. The molecule has 0 spiro atoms. The smallest absolute Gasteiger partial charge is 0.240 e. The van der Waals surface area contributed by atoms with Crippen LogP contribution in [0.15, 0.2) is 58.8 Å². The Labute approximate surface area is 156 Å². The van der Waals surface area contributed by atoms with Gasteiger partial charge in [0.2, 0.25) is 10.0 Å². The maximum absolute atomic E-state index is 12.3. The molecule has 0 aliphatic rings. The SMILES string of the molecule is COc1ccc(S(=O)(=O)NCCc2nc(-c3ccc(O)cc3)cs2)cc1. The maximum Gasteiger partial charge on any atom is 0.240 e. The largest absolute Gasteiger partial charge is 0.508 e. The summed E-state index contributed by atoms with van der Waals surface area (Å²) in [6.45, 7) is 0.261. The third kappa shape index (κ3) is 4.40. The van der Waals surface area contributed by atoms with Crippen LogP contribution in [0.25, 0.3) is 11.3 Å². The first-order valence-electron chi connectivity index (χ1n) is 7.85. The van der Waals surface area contributed by atoms with Crippen molar-refractivity contribution >= 4 is 21.4 Å². The van der Waals surface area contributed by atoms with Crippen LogP contribution in [0.2, 0.25) is 0 Å². The number of methoxy groups -OCH3 is 1. The van der Waals surface area contributed by atoms with E-state index in [1.807, 2.05) is 5.38 Å². The first-order chi connectivity index (χ1) is 12.5. The number of nitrogens with zero attached hydrogens (tertiary/aromatic N) is 1. The van der Waals surface area contributed by atoms with E-state index in [2.05, 4.69) is 9.71 Å². The standard InChI is InChI=1S/C18H18N2O4S2/c1-24-15-6-8-16(9-7-15)26(22,23)19-11-10-18-20-17(12-25-18)13-2-4-14(21)5-3-13/h2-9,12,19,21H,10-11H2,1H3. The van der Waals surface area contributed by atoms with Crippen LogP contribution in [0.5, 0.6) is 11.5 Å². The van der Waals surface area contributed by atoms with Crippen molar-refractivity contribution in [2.75, 3.05) is 13.7 Å². The predicted molar refractivity (Wildman–Crippen MR) is 101 cm³/mol. The highest BCUT2D eigenvalue weighted by atomic mass is 32.2. The molecule has 0 saturated carbocycles. The molecule has 0 saturated heterocycles. The second-order valence-electron chi connectivity index (χ2n) is 5.50. The van der Waals surface area contributed by atoms with Crippen molar-refractivity contribution in [3.8, 4) is 22.8 Å². The van der Waals surface area contributed by atoms with E-state index in [0.29, 0.717) is 12.2 Å². The van der Waals surface area contributed by atoms with Crippen molar-refractivity contribution in [1.29, 1.82) is 0 Å². The molecule has 8 heteroatoms. The summed E-state index contributed by atoms with van der Waals surface area (Å²) in [4.78, 5) is 4.71. The minimum atomic E-state index is -3.56. The summed E-state index contributed by atoms with van der Waals surface area (Å²) >= 11 is 1.47. The zero-order valence-corrected chi connectivity index (χ0v) is 15.7. The van der Waals surface area contributed by atoms with E-state index in [0.717, 1.165) is 16.3 Å². The molecule has 0 radical (unpaired) electrons. The van der Waals surface area contributed by atoms with Crippen LogP contribution in [0.3, 0.4) is 0 Å². The Hall–Kier alpha value is -2.42. The third-order valence-electron chi connectivity index (χ3n) is 3.72. The van der Waals surface area contributed by atoms with E-state index >= 15 is 0 Å². The normalized spacial score (nSPS) is 11.4. The fourth-order valence-electron chi connectivity index (χ4n) is 2.32. The van der Waals surface area contributed by atoms with E-state index in [4.69, 9.17) is 4.74 Å². The van der Waals surface area contributed by atoms with Crippen LogP contribution < -0.4 is 9.46 Å². The fourth-order valence-corrected chi connectivity index (χ4v) is 4.16. The van der Waals surface area contributed by atoms with Gasteiger partial charge in [0.15, 0.2) is 0 Å². The number of aromatic nitrogens is 1. The molecule has 3 aromatic rings. The number of sulfonamides is 1. The average molecular weight is 390 g/mol. The second-order valence-corrected chi connectivity index (χ2v) is 8.21. The van der Waals surface area contributed by atoms with Gasteiger partial charge in [-0.25, -0.2) is 18.1 Å². The Morgan fingerprint density at radius 2 is 1.81 bits per heavy atom. The van der Waals surface area contributed by atoms with Crippen molar-refractivity contribution in [2.45, 2.75) is 11.3 Å². The van der Waals surface area contributed by atoms with Crippen LogP contribution in [0, 0.1) is 0 Å². The zero-order valence-electron chi connectivity index (χ0n) is 14.0. The number of phenolic OH excluding ortho intramolecular Hbond substituents is 1. The molecule has 0 bridgehead atoms. The van der Waals surface area contributed by atoms with Crippen molar-refractivity contribution in [3.63, 3.8) is 0 Å². The quantitative estimate of drug-likeness (QED) is 0.647. The molecule has 1 aromatic heterocycles. The molecule has 0 amide bonds. The number of rotatable bonds is 7. The van der Waals surface area contributed by atoms with Gasteiger partial charge >= 0.3 is 0 Å². The third-order valence-corrected chi connectivity index (χ3v) is 6.10. The summed E-state index contributed by atoms with van der Waals surface area (Å²) < 4.78 is 32.2. The number of benzene rings is 2. The summed E-state index contributed by atoms with van der Waals surface area (Å²) in [5, 5.41) is 12.1. The van der Waals surface area contributed by atoms with Crippen molar-refractivity contribution in [1.82, 2.24) is 9.71 Å². The topological polar surface area (TPSA) is 88.5 Å². The minimum absolute atomic E-state index is 0.197. The summed E-state index contributed by atoms with van der Waals surface area (Å²) in [6, 6.07) is 13.0. The molecule has 3 rings (SSSR count). The zero-order chi connectivity index (χ0) is 18.6. The fraction of sp³-hybridized carbons (Fsp3) is 0.167. The Morgan fingerprint density at radius 3 is 2.46 bits per heavy atom. The van der Waals surface area contributed by atoms with E-state index in [1.54, 1.807) is 36.4 Å². The highest BCUT2D eigenvalue weighted by molar-refractivity contribution is 7.89. The lowest BCUT2D eigenvalue weighted by Crippen LogP contribution is -2.25. The molecule has 2 N–H and O–H groups in total. The second kappa shape index (κ2) is 7.86. The summed E-state index contributed by atoms with van der Waals surface area (Å²) in [5.74, 6) is 0.811. The summed E-state index contributed by atoms with van der Waals surface area (Å²) in [7, 11) is -2.03. The van der Waals surface area contributed by atoms with Gasteiger partial charge in [-0.15, -0.1) is 11.3 Å². The van der Waals surface area contributed by atoms with Gasteiger partial charge < -0.3 is 9.84 Å². The van der Waals surface area contributed by atoms with Crippen molar-refractivity contribution < 1.29 is 18.3 Å². The number of nitrogens with one attached hydrogen (secondary N) is 1. The molecule has 2 aromatic carbocycles. The van der Waals surface area contributed by atoms with E-state index < -0.39 is 10.0 Å². The predicted octanol–water partition coefficient (Wildman–Crippen LogP) is 3.05. The minimum Gasteiger partial charge on any atom is -0.508 e. The van der Waals surface area contributed by atoms with Crippen molar-refractivity contribution in [2.24, 2.45) is 0 Å². The molecule has 136 valence electrons. The number of aromatic hydroxyl groups is 1. The molecule has 0 atom stereocenters. The monoisotopic (exact) mass is 390 g/mol. The number of ether oxygens (including phenoxy) is 1.